The molecule has 7 nitrogen and oxygen atoms in total. The molecule has 24 heavy (non-hydrogen) atoms. The van der Waals surface area contributed by atoms with Crippen LogP contribution in [-0.2, 0) is 25.5 Å². The highest BCUT2D eigenvalue weighted by Crippen LogP contribution is 2.45. The SMILES string of the molecule is CCCN1c2ccccc2CC(C2=NCCN2)C12OC(=O)C(=O)O2. The molecule has 0 saturated carbocycles. The number of rotatable bonds is 3. The largest absolute Gasteiger partial charge is 0.422 e. The van der Waals surface area contributed by atoms with Crippen LogP contribution in [0.5, 0.6) is 0 Å². The van der Waals surface area contributed by atoms with E-state index in [1.165, 1.54) is 0 Å². The van der Waals surface area contributed by atoms with Gasteiger partial charge in [-0.25, -0.2) is 9.59 Å². The van der Waals surface area contributed by atoms with Crippen molar-refractivity contribution in [3.8, 4) is 0 Å². The van der Waals surface area contributed by atoms with Crippen LogP contribution >= 0.6 is 0 Å². The molecule has 1 aromatic rings. The number of carbonyl (C=O) groups is 2. The molecule has 0 aliphatic carbocycles. The summed E-state index contributed by atoms with van der Waals surface area (Å²) in [5.41, 5.74) is 2.05. The zero-order valence-corrected chi connectivity index (χ0v) is 13.4. The first kappa shape index (κ1) is 15.0. The lowest BCUT2D eigenvalue weighted by atomic mass is 9.87. The first-order valence-corrected chi connectivity index (χ1v) is 8.26. The number of para-hydroxylation sites is 1. The minimum Gasteiger partial charge on any atom is -0.394 e. The molecular weight excluding hydrogens is 310 g/mol. The van der Waals surface area contributed by atoms with Crippen molar-refractivity contribution in [2.24, 2.45) is 10.9 Å². The number of hydrogen-bond acceptors (Lipinski definition) is 7. The lowest BCUT2D eigenvalue weighted by molar-refractivity contribution is -0.193. The number of anilines is 1. The first-order chi connectivity index (χ1) is 11.7. The van der Waals surface area contributed by atoms with Crippen LogP contribution in [0.1, 0.15) is 18.9 Å². The van der Waals surface area contributed by atoms with Crippen molar-refractivity contribution in [3.05, 3.63) is 29.8 Å². The van der Waals surface area contributed by atoms with Crippen LogP contribution in [-0.4, -0.2) is 43.3 Å². The summed E-state index contributed by atoms with van der Waals surface area (Å²) in [7, 11) is 0. The number of esters is 2. The third-order valence-electron chi connectivity index (χ3n) is 4.64. The maximum atomic E-state index is 11.9. The molecule has 1 aromatic carbocycles. The molecule has 1 spiro atoms. The Morgan fingerprint density at radius 1 is 1.29 bits per heavy atom. The van der Waals surface area contributed by atoms with E-state index in [4.69, 9.17) is 9.47 Å². The molecular formula is C17H19N3O4. The quantitative estimate of drug-likeness (QED) is 0.654. The molecule has 7 heteroatoms. The fraction of sp³-hybridized carbons (Fsp3) is 0.471. The summed E-state index contributed by atoms with van der Waals surface area (Å²) in [5.74, 6) is -2.97. The van der Waals surface area contributed by atoms with Crippen LogP contribution in [0.3, 0.4) is 0 Å². The van der Waals surface area contributed by atoms with Crippen LogP contribution in [0.25, 0.3) is 0 Å². The van der Waals surface area contributed by atoms with Crippen molar-refractivity contribution in [3.63, 3.8) is 0 Å². The molecule has 1 unspecified atom stereocenters. The molecule has 4 rings (SSSR count). The number of aliphatic imine (C=N–C) groups is 1. The predicted octanol–water partition coefficient (Wildman–Crippen LogP) is 0.831. The fourth-order valence-corrected chi connectivity index (χ4v) is 3.69. The second-order valence-electron chi connectivity index (χ2n) is 6.14. The Bertz CT molecular complexity index is 714. The molecule has 0 bridgehead atoms. The summed E-state index contributed by atoms with van der Waals surface area (Å²) in [6.45, 7) is 4.03. The maximum absolute atomic E-state index is 11.9. The number of carbonyl (C=O) groups excluding carboxylic acids is 2. The van der Waals surface area contributed by atoms with E-state index in [0.717, 1.165) is 30.1 Å². The lowest BCUT2D eigenvalue weighted by Gasteiger charge is -2.47. The van der Waals surface area contributed by atoms with E-state index in [0.29, 0.717) is 19.5 Å². The Morgan fingerprint density at radius 3 is 2.71 bits per heavy atom. The van der Waals surface area contributed by atoms with Crippen molar-refractivity contribution < 1.29 is 19.1 Å². The van der Waals surface area contributed by atoms with Gasteiger partial charge in [0.25, 0.3) is 0 Å². The summed E-state index contributed by atoms with van der Waals surface area (Å²) >= 11 is 0. The van der Waals surface area contributed by atoms with E-state index in [-0.39, 0.29) is 5.92 Å². The van der Waals surface area contributed by atoms with Gasteiger partial charge in [-0.3, -0.25) is 9.89 Å². The second-order valence-corrected chi connectivity index (χ2v) is 6.14. The van der Waals surface area contributed by atoms with Crippen LogP contribution in [0.15, 0.2) is 29.3 Å². The lowest BCUT2D eigenvalue weighted by Crippen LogP contribution is -2.62. The van der Waals surface area contributed by atoms with E-state index in [2.05, 4.69) is 10.3 Å². The van der Waals surface area contributed by atoms with E-state index >= 15 is 0 Å². The number of amidine groups is 1. The van der Waals surface area contributed by atoms with Crippen LogP contribution in [0.2, 0.25) is 0 Å². The van der Waals surface area contributed by atoms with Gasteiger partial charge in [0.2, 0.25) is 0 Å². The number of nitrogens with one attached hydrogen (secondary N) is 1. The Kier molecular flexibility index (Phi) is 3.44. The van der Waals surface area contributed by atoms with Gasteiger partial charge < -0.3 is 14.8 Å². The van der Waals surface area contributed by atoms with Gasteiger partial charge >= 0.3 is 17.8 Å². The second kappa shape index (κ2) is 5.51. The number of ether oxygens (including phenoxy) is 2. The standard InChI is InChI=1S/C17H19N3O4/c1-2-9-20-13-6-4-3-5-11(13)10-12(14-18-7-8-19-14)17(20)23-15(21)16(22)24-17/h3-6,12H,2,7-10H2,1H3,(H,18,19). The van der Waals surface area contributed by atoms with Gasteiger partial charge in [0.1, 0.15) is 11.8 Å². The average molecular weight is 329 g/mol. The summed E-state index contributed by atoms with van der Waals surface area (Å²) < 4.78 is 11.1. The normalized spacial score (nSPS) is 24.3. The Morgan fingerprint density at radius 2 is 2.04 bits per heavy atom. The first-order valence-electron chi connectivity index (χ1n) is 8.26. The monoisotopic (exact) mass is 329 g/mol. The zero-order valence-electron chi connectivity index (χ0n) is 13.4. The van der Waals surface area contributed by atoms with E-state index in [1.807, 2.05) is 36.1 Å². The zero-order chi connectivity index (χ0) is 16.7. The van der Waals surface area contributed by atoms with Gasteiger partial charge in [-0.2, -0.15) is 0 Å². The van der Waals surface area contributed by atoms with Crippen LogP contribution in [0.4, 0.5) is 5.69 Å². The van der Waals surface area contributed by atoms with E-state index < -0.39 is 17.8 Å². The predicted molar refractivity (Wildman–Crippen MR) is 86.5 cm³/mol. The highest BCUT2D eigenvalue weighted by Gasteiger charge is 2.62. The van der Waals surface area contributed by atoms with Crippen LogP contribution in [0, 0.1) is 5.92 Å². The maximum Gasteiger partial charge on any atom is 0.422 e. The number of benzene rings is 1. The average Bonchev–Trinajstić information content (AvgIpc) is 3.20. The summed E-state index contributed by atoms with van der Waals surface area (Å²) in [5, 5.41) is 3.24. The molecule has 126 valence electrons. The summed E-state index contributed by atoms with van der Waals surface area (Å²) in [6.07, 6.45) is 1.40. The van der Waals surface area contributed by atoms with Crippen molar-refractivity contribution in [1.82, 2.24) is 5.32 Å². The Hall–Kier alpha value is -2.57. The van der Waals surface area contributed by atoms with Gasteiger partial charge in [-0.1, -0.05) is 25.1 Å². The van der Waals surface area contributed by atoms with Gasteiger partial charge in [0.15, 0.2) is 0 Å². The van der Waals surface area contributed by atoms with Gasteiger partial charge in [-0.05, 0) is 24.5 Å². The molecule has 3 aliphatic rings. The van der Waals surface area contributed by atoms with E-state index in [9.17, 15) is 9.59 Å². The van der Waals surface area contributed by atoms with Gasteiger partial charge in [-0.15, -0.1) is 0 Å². The molecule has 0 radical (unpaired) electrons. The van der Waals surface area contributed by atoms with Gasteiger partial charge in [0.05, 0.1) is 6.54 Å². The highest BCUT2D eigenvalue weighted by molar-refractivity contribution is 6.31. The fourth-order valence-electron chi connectivity index (χ4n) is 3.69. The smallest absolute Gasteiger partial charge is 0.394 e. The topological polar surface area (TPSA) is 80.2 Å². The van der Waals surface area contributed by atoms with Crippen molar-refractivity contribution in [2.45, 2.75) is 25.7 Å². The number of fused-ring (bicyclic) bond motifs is 1. The van der Waals surface area contributed by atoms with Crippen LogP contribution < -0.4 is 10.2 Å². The van der Waals surface area contributed by atoms with Gasteiger partial charge in [0, 0.05) is 18.8 Å². The molecule has 1 saturated heterocycles. The van der Waals surface area contributed by atoms with Crippen molar-refractivity contribution >= 4 is 23.5 Å². The minimum atomic E-state index is -1.45. The van der Waals surface area contributed by atoms with Crippen molar-refractivity contribution in [2.75, 3.05) is 24.5 Å². The Balaban J connectivity index is 1.87. The highest BCUT2D eigenvalue weighted by atomic mass is 16.8. The minimum absolute atomic E-state index is 0.364. The number of hydrogen-bond donors (Lipinski definition) is 1. The molecule has 3 heterocycles. The molecule has 1 fully saturated rings. The molecule has 1 atom stereocenters. The number of nitrogens with zero attached hydrogens (tertiary/aromatic N) is 2. The molecule has 3 aliphatic heterocycles. The summed E-state index contributed by atoms with van der Waals surface area (Å²) in [4.78, 5) is 30.2. The van der Waals surface area contributed by atoms with Crippen molar-refractivity contribution in [1.29, 1.82) is 0 Å². The Labute approximate surface area is 139 Å². The third-order valence-corrected chi connectivity index (χ3v) is 4.64. The third kappa shape index (κ3) is 2.07. The molecule has 1 N–H and O–H groups in total. The molecule has 0 aromatic heterocycles. The summed E-state index contributed by atoms with van der Waals surface area (Å²) in [6, 6.07) is 7.92. The van der Waals surface area contributed by atoms with E-state index in [1.54, 1.807) is 0 Å². The molecule has 0 amide bonds.